The van der Waals surface area contributed by atoms with Crippen molar-refractivity contribution >= 4 is 5.91 Å². The Morgan fingerprint density at radius 2 is 1.50 bits per heavy atom. The van der Waals surface area contributed by atoms with Gasteiger partial charge in [0.05, 0.1) is 0 Å². The van der Waals surface area contributed by atoms with E-state index in [0.717, 1.165) is 19.6 Å². The van der Waals surface area contributed by atoms with Crippen molar-refractivity contribution in [1.82, 2.24) is 10.6 Å². The first kappa shape index (κ1) is 15.4. The zero-order valence-electron chi connectivity index (χ0n) is 11.0. The first-order chi connectivity index (χ1) is 7.77. The molecule has 96 valence electrons. The molecule has 0 aliphatic heterocycles. The van der Waals surface area contributed by atoms with E-state index in [9.17, 15) is 4.79 Å². The second-order valence-corrected chi connectivity index (χ2v) is 4.35. The monoisotopic (exact) mass is 228 g/mol. The number of unbranched alkanes of at least 4 members (excludes halogenated alkanes) is 6. The molecular weight excluding hydrogens is 200 g/mol. The Kier molecular flexibility index (Phi) is 12.1. The van der Waals surface area contributed by atoms with Crippen LogP contribution in [0.25, 0.3) is 0 Å². The molecule has 0 atom stereocenters. The van der Waals surface area contributed by atoms with Crippen LogP contribution >= 0.6 is 0 Å². The third-order valence-electron chi connectivity index (χ3n) is 2.63. The van der Waals surface area contributed by atoms with E-state index >= 15 is 0 Å². The van der Waals surface area contributed by atoms with Crippen LogP contribution in [0.5, 0.6) is 0 Å². The molecule has 3 heteroatoms. The van der Waals surface area contributed by atoms with Crippen LogP contribution in [-0.2, 0) is 4.79 Å². The lowest BCUT2D eigenvalue weighted by Gasteiger charge is -2.05. The average Bonchev–Trinajstić information content (AvgIpc) is 2.25. The lowest BCUT2D eigenvalue weighted by atomic mass is 10.1. The van der Waals surface area contributed by atoms with Gasteiger partial charge < -0.3 is 10.6 Å². The summed E-state index contributed by atoms with van der Waals surface area (Å²) >= 11 is 0. The number of rotatable bonds is 11. The molecule has 0 rings (SSSR count). The van der Waals surface area contributed by atoms with Gasteiger partial charge in [0.15, 0.2) is 0 Å². The lowest BCUT2D eigenvalue weighted by molar-refractivity contribution is -0.118. The zero-order valence-corrected chi connectivity index (χ0v) is 11.0. The van der Waals surface area contributed by atoms with Crippen molar-refractivity contribution in [2.75, 3.05) is 19.6 Å². The Morgan fingerprint density at radius 3 is 2.12 bits per heavy atom. The predicted molar refractivity (Wildman–Crippen MR) is 69.5 cm³/mol. The molecule has 0 radical (unpaired) electrons. The Bertz CT molecular complexity index is 160. The molecule has 0 spiro atoms. The van der Waals surface area contributed by atoms with Crippen LogP contribution in [0.3, 0.4) is 0 Å². The molecule has 0 saturated heterocycles. The summed E-state index contributed by atoms with van der Waals surface area (Å²) < 4.78 is 0. The van der Waals surface area contributed by atoms with Crippen LogP contribution in [0, 0.1) is 0 Å². The molecule has 0 heterocycles. The molecule has 16 heavy (non-hydrogen) atoms. The highest BCUT2D eigenvalue weighted by atomic mass is 16.1. The van der Waals surface area contributed by atoms with Crippen molar-refractivity contribution in [3.8, 4) is 0 Å². The maximum absolute atomic E-state index is 10.6. The summed E-state index contributed by atoms with van der Waals surface area (Å²) in [5.74, 6) is 0.0534. The standard InChI is InChI=1S/C13H28N2O/c1-3-4-5-6-7-8-9-10-14-11-12-15-13(2)16/h14H,3-12H2,1-2H3,(H,15,16). The van der Waals surface area contributed by atoms with Crippen molar-refractivity contribution < 1.29 is 4.79 Å². The molecule has 0 aromatic carbocycles. The largest absolute Gasteiger partial charge is 0.355 e. The molecule has 0 saturated carbocycles. The van der Waals surface area contributed by atoms with Crippen molar-refractivity contribution in [3.05, 3.63) is 0 Å². The lowest BCUT2D eigenvalue weighted by Crippen LogP contribution is -2.30. The third-order valence-corrected chi connectivity index (χ3v) is 2.63. The van der Waals surface area contributed by atoms with Crippen LogP contribution in [0.15, 0.2) is 0 Å². The average molecular weight is 228 g/mol. The number of nitrogens with one attached hydrogen (secondary N) is 2. The van der Waals surface area contributed by atoms with E-state index in [1.165, 1.54) is 44.9 Å². The summed E-state index contributed by atoms with van der Waals surface area (Å²) in [6.07, 6.45) is 9.45. The molecule has 0 unspecified atom stereocenters. The molecular formula is C13H28N2O. The van der Waals surface area contributed by atoms with Gasteiger partial charge in [-0.2, -0.15) is 0 Å². The Morgan fingerprint density at radius 1 is 0.875 bits per heavy atom. The predicted octanol–water partition coefficient (Wildman–Crippen LogP) is 2.46. The van der Waals surface area contributed by atoms with Gasteiger partial charge in [-0.1, -0.05) is 45.4 Å². The molecule has 0 fully saturated rings. The van der Waals surface area contributed by atoms with Gasteiger partial charge in [0.1, 0.15) is 0 Å². The molecule has 2 N–H and O–H groups in total. The highest BCUT2D eigenvalue weighted by molar-refractivity contribution is 5.72. The number of carbonyl (C=O) groups is 1. The quantitative estimate of drug-likeness (QED) is 0.533. The fraction of sp³-hybridized carbons (Fsp3) is 0.923. The van der Waals surface area contributed by atoms with Crippen LogP contribution in [0.1, 0.15) is 58.8 Å². The summed E-state index contributed by atoms with van der Waals surface area (Å²) in [7, 11) is 0. The normalized spacial score (nSPS) is 10.4. The Labute approximate surface area is 100 Å². The van der Waals surface area contributed by atoms with Gasteiger partial charge in [-0.25, -0.2) is 0 Å². The zero-order chi connectivity index (χ0) is 12.1. The van der Waals surface area contributed by atoms with Gasteiger partial charge in [-0.15, -0.1) is 0 Å². The van der Waals surface area contributed by atoms with Crippen LogP contribution in [-0.4, -0.2) is 25.5 Å². The number of amides is 1. The molecule has 0 bridgehead atoms. The summed E-state index contributed by atoms with van der Waals surface area (Å²) in [6.45, 7) is 6.50. The van der Waals surface area contributed by atoms with Crippen molar-refractivity contribution in [3.63, 3.8) is 0 Å². The van der Waals surface area contributed by atoms with Gasteiger partial charge in [0.25, 0.3) is 0 Å². The number of hydrogen-bond donors (Lipinski definition) is 2. The van der Waals surface area contributed by atoms with E-state index in [-0.39, 0.29) is 5.91 Å². The van der Waals surface area contributed by atoms with Gasteiger partial charge in [-0.3, -0.25) is 4.79 Å². The summed E-state index contributed by atoms with van der Waals surface area (Å²) in [6, 6.07) is 0. The van der Waals surface area contributed by atoms with Gasteiger partial charge in [0, 0.05) is 20.0 Å². The topological polar surface area (TPSA) is 41.1 Å². The smallest absolute Gasteiger partial charge is 0.216 e. The van der Waals surface area contributed by atoms with E-state index in [4.69, 9.17) is 0 Å². The summed E-state index contributed by atoms with van der Waals surface area (Å²) in [5.41, 5.74) is 0. The SMILES string of the molecule is CCCCCCCCCNCCNC(C)=O. The van der Waals surface area contributed by atoms with E-state index in [2.05, 4.69) is 17.6 Å². The van der Waals surface area contributed by atoms with Crippen LogP contribution in [0.2, 0.25) is 0 Å². The Hall–Kier alpha value is -0.570. The first-order valence-electron chi connectivity index (χ1n) is 6.72. The van der Waals surface area contributed by atoms with Crippen LogP contribution in [0.4, 0.5) is 0 Å². The highest BCUT2D eigenvalue weighted by Crippen LogP contribution is 2.05. The molecule has 3 nitrogen and oxygen atoms in total. The fourth-order valence-electron chi connectivity index (χ4n) is 1.66. The highest BCUT2D eigenvalue weighted by Gasteiger charge is 1.92. The van der Waals surface area contributed by atoms with E-state index in [0.29, 0.717) is 0 Å². The van der Waals surface area contributed by atoms with Crippen molar-refractivity contribution in [1.29, 1.82) is 0 Å². The van der Waals surface area contributed by atoms with E-state index in [1.807, 2.05) is 0 Å². The van der Waals surface area contributed by atoms with Gasteiger partial charge >= 0.3 is 0 Å². The van der Waals surface area contributed by atoms with E-state index < -0.39 is 0 Å². The molecule has 0 aromatic heterocycles. The minimum Gasteiger partial charge on any atom is -0.355 e. The maximum Gasteiger partial charge on any atom is 0.216 e. The molecule has 0 aliphatic carbocycles. The summed E-state index contributed by atoms with van der Waals surface area (Å²) in [4.78, 5) is 10.6. The fourth-order valence-corrected chi connectivity index (χ4v) is 1.66. The van der Waals surface area contributed by atoms with Crippen molar-refractivity contribution in [2.24, 2.45) is 0 Å². The van der Waals surface area contributed by atoms with Gasteiger partial charge in [0.2, 0.25) is 5.91 Å². The molecule has 1 amide bonds. The van der Waals surface area contributed by atoms with Gasteiger partial charge in [-0.05, 0) is 13.0 Å². The van der Waals surface area contributed by atoms with E-state index in [1.54, 1.807) is 6.92 Å². The summed E-state index contributed by atoms with van der Waals surface area (Å²) in [5, 5.41) is 6.10. The third kappa shape index (κ3) is 13.4. The minimum absolute atomic E-state index is 0.0534. The van der Waals surface area contributed by atoms with Crippen molar-refractivity contribution in [2.45, 2.75) is 58.8 Å². The Balaban J connectivity index is 2.90. The minimum atomic E-state index is 0.0534. The number of hydrogen-bond acceptors (Lipinski definition) is 2. The second-order valence-electron chi connectivity index (χ2n) is 4.35. The maximum atomic E-state index is 10.6. The number of carbonyl (C=O) groups excluding carboxylic acids is 1. The second kappa shape index (κ2) is 12.5. The first-order valence-corrected chi connectivity index (χ1v) is 6.72. The molecule has 0 aliphatic rings. The molecule has 0 aromatic rings. The van der Waals surface area contributed by atoms with Crippen LogP contribution < -0.4 is 10.6 Å².